The topological polar surface area (TPSA) is 166 Å². The smallest absolute Gasteiger partial charge is 0.303 e. The molecule has 1 aliphatic heterocycles. The number of unbranched alkanes of at least 4 members (excludes halogenated alkanes) is 25. The highest BCUT2D eigenvalue weighted by Crippen LogP contribution is 2.29. The lowest BCUT2D eigenvalue weighted by atomic mass is 9.86. The maximum atomic E-state index is 13.0. The Balaban J connectivity index is 2.51. The molecule has 1 aliphatic rings. The van der Waals surface area contributed by atoms with Gasteiger partial charge < -0.3 is 40.3 Å². The Morgan fingerprint density at radius 2 is 1.13 bits per heavy atom. The summed E-state index contributed by atoms with van der Waals surface area (Å²) in [5.41, 5.74) is 0. The first-order chi connectivity index (χ1) is 26.2. The lowest BCUT2D eigenvalue weighted by Gasteiger charge is -2.42. The number of hydrogen-bond acceptors (Lipinski definition) is 8. The Morgan fingerprint density at radius 1 is 0.685 bits per heavy atom. The van der Waals surface area contributed by atoms with Crippen molar-refractivity contribution in [3.05, 3.63) is 12.2 Å². The van der Waals surface area contributed by atoms with Crippen LogP contribution in [-0.4, -0.2) is 87.4 Å². The minimum Gasteiger partial charge on any atom is -0.481 e. The summed E-state index contributed by atoms with van der Waals surface area (Å²) in [4.78, 5) is 24.4. The third-order valence-corrected chi connectivity index (χ3v) is 10.9. The summed E-state index contributed by atoms with van der Waals surface area (Å²) in [6.45, 7) is 3.69. The fraction of sp³-hybridized carbons (Fsp3) is 0.909. The van der Waals surface area contributed by atoms with Crippen LogP contribution in [0, 0.1) is 5.92 Å². The monoisotopic (exact) mass is 770 g/mol. The lowest BCUT2D eigenvalue weighted by Crippen LogP contribution is -2.57. The van der Waals surface area contributed by atoms with E-state index in [0.717, 1.165) is 38.5 Å². The summed E-state index contributed by atoms with van der Waals surface area (Å²) < 4.78 is 11.4. The molecule has 0 saturated carbocycles. The molecular formula is C44H83NO9. The Labute approximate surface area is 329 Å². The van der Waals surface area contributed by atoms with Crippen molar-refractivity contribution >= 4 is 11.9 Å². The SMILES string of the molecule is CCCCCCCCCCCCC/C=C/[C@H](O)[C@@H](CO[C@@H]1OC(CO)[C@H](O)C(CC(=O)O)[C@H]1O)NC(=O)CCCCCCCCCCCCCCCCC. The molecular weight excluding hydrogens is 686 g/mol. The highest BCUT2D eigenvalue weighted by Gasteiger charge is 2.46. The van der Waals surface area contributed by atoms with Crippen LogP contribution in [0.25, 0.3) is 0 Å². The van der Waals surface area contributed by atoms with Crippen LogP contribution in [0.2, 0.25) is 0 Å². The second-order valence-electron chi connectivity index (χ2n) is 15.9. The molecule has 0 aromatic carbocycles. The Kier molecular flexibility index (Phi) is 32.4. The molecule has 0 spiro atoms. The van der Waals surface area contributed by atoms with Gasteiger partial charge in [-0.1, -0.05) is 180 Å². The Hall–Kier alpha value is -1.56. The second kappa shape index (κ2) is 34.7. The number of carbonyl (C=O) groups excluding carboxylic acids is 1. The molecule has 2 unspecified atom stereocenters. The fourth-order valence-corrected chi connectivity index (χ4v) is 7.40. The first-order valence-electron chi connectivity index (χ1n) is 22.3. The molecule has 1 heterocycles. The van der Waals surface area contributed by atoms with Crippen LogP contribution in [-0.2, 0) is 19.1 Å². The van der Waals surface area contributed by atoms with Crippen molar-refractivity contribution in [3.63, 3.8) is 0 Å². The summed E-state index contributed by atoms with van der Waals surface area (Å²) in [7, 11) is 0. The van der Waals surface area contributed by atoms with Crippen molar-refractivity contribution in [2.24, 2.45) is 5.92 Å². The first kappa shape index (κ1) is 50.5. The average Bonchev–Trinajstić information content (AvgIpc) is 3.15. The van der Waals surface area contributed by atoms with Gasteiger partial charge in [0.05, 0.1) is 37.9 Å². The average molecular weight is 770 g/mol. The zero-order valence-electron chi connectivity index (χ0n) is 34.5. The third kappa shape index (κ3) is 25.6. The van der Waals surface area contributed by atoms with E-state index in [1.807, 2.05) is 6.08 Å². The molecule has 0 aromatic heterocycles. The van der Waals surface area contributed by atoms with Crippen LogP contribution in [0.3, 0.4) is 0 Å². The number of carbonyl (C=O) groups is 2. The van der Waals surface area contributed by atoms with E-state index in [1.54, 1.807) is 6.08 Å². The van der Waals surface area contributed by atoms with Crippen LogP contribution >= 0.6 is 0 Å². The van der Waals surface area contributed by atoms with Gasteiger partial charge in [0.25, 0.3) is 0 Å². The van der Waals surface area contributed by atoms with E-state index in [-0.39, 0.29) is 12.5 Å². The van der Waals surface area contributed by atoms with Crippen molar-refractivity contribution in [2.75, 3.05) is 13.2 Å². The quantitative estimate of drug-likeness (QED) is 0.0267. The van der Waals surface area contributed by atoms with Crippen LogP contribution in [0.1, 0.15) is 200 Å². The van der Waals surface area contributed by atoms with Gasteiger partial charge in [0.15, 0.2) is 6.29 Å². The van der Waals surface area contributed by atoms with Gasteiger partial charge in [0, 0.05) is 12.3 Å². The summed E-state index contributed by atoms with van der Waals surface area (Å²) in [5, 5.41) is 54.3. The minimum absolute atomic E-state index is 0.200. The molecule has 1 rings (SSSR count). The van der Waals surface area contributed by atoms with Crippen LogP contribution in [0.5, 0.6) is 0 Å². The molecule has 1 fully saturated rings. The van der Waals surface area contributed by atoms with E-state index < -0.39 is 61.7 Å². The van der Waals surface area contributed by atoms with Crippen molar-refractivity contribution in [3.8, 4) is 0 Å². The molecule has 1 amide bonds. The van der Waals surface area contributed by atoms with E-state index in [1.165, 1.54) is 135 Å². The number of ether oxygens (including phenoxy) is 2. The summed E-state index contributed by atoms with van der Waals surface area (Å²) in [5.74, 6) is -2.53. The van der Waals surface area contributed by atoms with Crippen molar-refractivity contribution in [1.82, 2.24) is 5.32 Å². The van der Waals surface area contributed by atoms with Gasteiger partial charge in [-0.2, -0.15) is 0 Å². The molecule has 10 heteroatoms. The highest BCUT2D eigenvalue weighted by atomic mass is 16.7. The number of carboxylic acid groups (broad SMARTS) is 1. The van der Waals surface area contributed by atoms with E-state index in [0.29, 0.717) is 6.42 Å². The highest BCUT2D eigenvalue weighted by molar-refractivity contribution is 5.76. The number of rotatable bonds is 37. The molecule has 0 aromatic rings. The predicted molar refractivity (Wildman–Crippen MR) is 217 cm³/mol. The summed E-state index contributed by atoms with van der Waals surface area (Å²) in [6, 6.07) is -0.837. The zero-order chi connectivity index (χ0) is 39.7. The van der Waals surface area contributed by atoms with Gasteiger partial charge in [0.2, 0.25) is 5.91 Å². The second-order valence-corrected chi connectivity index (χ2v) is 15.9. The maximum Gasteiger partial charge on any atom is 0.303 e. The molecule has 0 bridgehead atoms. The van der Waals surface area contributed by atoms with E-state index in [4.69, 9.17) is 9.47 Å². The molecule has 54 heavy (non-hydrogen) atoms. The molecule has 6 N–H and O–H groups in total. The van der Waals surface area contributed by atoms with Crippen molar-refractivity contribution in [2.45, 2.75) is 237 Å². The van der Waals surface area contributed by atoms with Crippen LogP contribution in [0.4, 0.5) is 0 Å². The largest absolute Gasteiger partial charge is 0.481 e. The molecule has 0 radical (unpaired) electrons. The van der Waals surface area contributed by atoms with Crippen LogP contribution < -0.4 is 5.32 Å². The normalized spacial score (nSPS) is 21.4. The zero-order valence-corrected chi connectivity index (χ0v) is 34.5. The van der Waals surface area contributed by atoms with Gasteiger partial charge in [-0.3, -0.25) is 9.59 Å². The standard InChI is InChI=1S/C44H83NO9/c1-3-5-7-9-11-13-15-17-18-20-22-24-26-28-30-32-40(48)45-37(35-53-44-43(52)36(33-41(49)50)42(51)39(34-46)54-44)38(47)31-29-27-25-23-21-19-16-14-12-10-8-6-4-2/h29,31,36-39,42-44,46-47,51-52H,3-28,30,32-35H2,1-2H3,(H,45,48)(H,49,50)/b31-29+/t36?,37-,38+,39?,42-,43-,44-/m1/s1. The summed E-state index contributed by atoms with van der Waals surface area (Å²) in [6.07, 6.45) is 30.3. The van der Waals surface area contributed by atoms with E-state index in [2.05, 4.69) is 19.2 Å². The molecule has 7 atom stereocenters. The van der Waals surface area contributed by atoms with Gasteiger partial charge in [0.1, 0.15) is 12.2 Å². The third-order valence-electron chi connectivity index (χ3n) is 10.9. The molecule has 1 saturated heterocycles. The minimum atomic E-state index is -1.48. The number of nitrogens with one attached hydrogen (secondary N) is 1. The number of aliphatic carboxylic acids is 1. The van der Waals surface area contributed by atoms with Gasteiger partial charge in [-0.15, -0.1) is 0 Å². The Morgan fingerprint density at radius 3 is 1.57 bits per heavy atom. The summed E-state index contributed by atoms with van der Waals surface area (Å²) >= 11 is 0. The number of aliphatic hydroxyl groups excluding tert-OH is 4. The maximum absolute atomic E-state index is 13.0. The molecule has 10 nitrogen and oxygen atoms in total. The van der Waals surface area contributed by atoms with E-state index in [9.17, 15) is 35.1 Å². The molecule has 0 aliphatic carbocycles. The van der Waals surface area contributed by atoms with Gasteiger partial charge in [-0.25, -0.2) is 0 Å². The molecule has 318 valence electrons. The number of amides is 1. The van der Waals surface area contributed by atoms with Crippen molar-refractivity contribution < 1.29 is 44.6 Å². The van der Waals surface area contributed by atoms with Gasteiger partial charge >= 0.3 is 5.97 Å². The number of allylic oxidation sites excluding steroid dienone is 1. The van der Waals surface area contributed by atoms with Crippen molar-refractivity contribution in [1.29, 1.82) is 0 Å². The first-order valence-corrected chi connectivity index (χ1v) is 22.3. The van der Waals surface area contributed by atoms with E-state index >= 15 is 0 Å². The van der Waals surface area contributed by atoms with Crippen LogP contribution in [0.15, 0.2) is 12.2 Å². The van der Waals surface area contributed by atoms with Gasteiger partial charge in [-0.05, 0) is 19.3 Å². The predicted octanol–water partition coefficient (Wildman–Crippen LogP) is 8.90. The number of carboxylic acids is 1. The number of hydrogen-bond donors (Lipinski definition) is 6. The number of aliphatic hydroxyl groups is 4. The Bertz CT molecular complexity index is 918. The fourth-order valence-electron chi connectivity index (χ4n) is 7.40. The lowest BCUT2D eigenvalue weighted by molar-refractivity contribution is -0.292.